The molecule has 3 aliphatic rings. The van der Waals surface area contributed by atoms with Crippen LogP contribution in [0.15, 0.2) is 0 Å². The van der Waals surface area contributed by atoms with Gasteiger partial charge >= 0.3 is 0 Å². The summed E-state index contributed by atoms with van der Waals surface area (Å²) in [7, 11) is 0. The summed E-state index contributed by atoms with van der Waals surface area (Å²) in [5.41, 5.74) is 1.34. The zero-order chi connectivity index (χ0) is 14.5. The Kier molecular flexibility index (Phi) is 3.75. The molecule has 3 aliphatic carbocycles. The molecule has 0 aromatic heterocycles. The quantitative estimate of drug-likeness (QED) is 0.527. The van der Waals surface area contributed by atoms with Gasteiger partial charge in [0, 0.05) is 0 Å². The maximum atomic E-state index is 2.68. The van der Waals surface area contributed by atoms with Crippen molar-refractivity contribution in [3.8, 4) is 0 Å². The minimum absolute atomic E-state index is 0.655. The third-order valence-corrected chi connectivity index (χ3v) is 8.02. The standard InChI is InChI=1S/C20H36/c1-14(2)16-9-6-10-17-18-15(3)8-7-11-19(18,4)12-13-20(16,17)5/h14-18H,6-13H2,1-5H3. The number of hydrogen-bond donors (Lipinski definition) is 0. The largest absolute Gasteiger partial charge is 0.0625 e. The van der Waals surface area contributed by atoms with Crippen LogP contribution in [-0.2, 0) is 0 Å². The van der Waals surface area contributed by atoms with Crippen LogP contribution in [0.3, 0.4) is 0 Å². The molecule has 116 valence electrons. The summed E-state index contributed by atoms with van der Waals surface area (Å²) in [5, 5.41) is 0. The summed E-state index contributed by atoms with van der Waals surface area (Å²) in [5.74, 6) is 4.89. The zero-order valence-electron chi connectivity index (χ0n) is 14.5. The van der Waals surface area contributed by atoms with Gasteiger partial charge in [-0.1, -0.05) is 53.9 Å². The third-order valence-electron chi connectivity index (χ3n) is 8.02. The molecule has 0 nitrogen and oxygen atoms in total. The molecule has 3 rings (SSSR count). The van der Waals surface area contributed by atoms with Crippen LogP contribution < -0.4 is 0 Å². The lowest BCUT2D eigenvalue weighted by molar-refractivity contribution is -0.139. The van der Waals surface area contributed by atoms with Crippen molar-refractivity contribution in [2.45, 2.75) is 86.0 Å². The average molecular weight is 277 g/mol. The number of rotatable bonds is 1. The average Bonchev–Trinajstić information content (AvgIpc) is 2.38. The molecule has 0 amide bonds. The molecular formula is C20H36. The Bertz CT molecular complexity index is 357. The molecule has 0 bridgehead atoms. The van der Waals surface area contributed by atoms with Crippen molar-refractivity contribution >= 4 is 0 Å². The van der Waals surface area contributed by atoms with E-state index in [2.05, 4.69) is 34.6 Å². The Labute approximate surface area is 127 Å². The van der Waals surface area contributed by atoms with Crippen LogP contribution in [0.25, 0.3) is 0 Å². The van der Waals surface area contributed by atoms with Gasteiger partial charge in [0.15, 0.2) is 0 Å². The second-order valence-corrected chi connectivity index (χ2v) is 9.44. The van der Waals surface area contributed by atoms with Gasteiger partial charge in [0.25, 0.3) is 0 Å². The summed E-state index contributed by atoms with van der Waals surface area (Å²) >= 11 is 0. The van der Waals surface area contributed by atoms with E-state index >= 15 is 0 Å². The van der Waals surface area contributed by atoms with Gasteiger partial charge < -0.3 is 0 Å². The monoisotopic (exact) mass is 276 g/mol. The second kappa shape index (κ2) is 5.03. The molecule has 0 aromatic rings. The summed E-state index contributed by atoms with van der Waals surface area (Å²) in [6.07, 6.45) is 12.1. The van der Waals surface area contributed by atoms with Gasteiger partial charge in [-0.25, -0.2) is 0 Å². The molecule has 0 N–H and O–H groups in total. The Morgan fingerprint density at radius 1 is 0.900 bits per heavy atom. The molecule has 6 unspecified atom stereocenters. The zero-order valence-corrected chi connectivity index (χ0v) is 14.5. The summed E-state index contributed by atoms with van der Waals surface area (Å²) in [6, 6.07) is 0. The Morgan fingerprint density at radius 2 is 1.65 bits per heavy atom. The summed E-state index contributed by atoms with van der Waals surface area (Å²) in [6.45, 7) is 12.9. The third kappa shape index (κ3) is 2.08. The van der Waals surface area contributed by atoms with E-state index in [-0.39, 0.29) is 0 Å². The van der Waals surface area contributed by atoms with E-state index in [0.717, 1.165) is 29.6 Å². The summed E-state index contributed by atoms with van der Waals surface area (Å²) < 4.78 is 0. The van der Waals surface area contributed by atoms with Gasteiger partial charge in [-0.2, -0.15) is 0 Å². The van der Waals surface area contributed by atoms with Crippen molar-refractivity contribution < 1.29 is 0 Å². The van der Waals surface area contributed by atoms with Crippen molar-refractivity contribution in [2.24, 2.45) is 40.4 Å². The van der Waals surface area contributed by atoms with Crippen LogP contribution in [0.1, 0.15) is 86.0 Å². The van der Waals surface area contributed by atoms with E-state index in [1.165, 1.54) is 51.4 Å². The Balaban J connectivity index is 1.94. The van der Waals surface area contributed by atoms with Gasteiger partial charge in [-0.3, -0.25) is 0 Å². The highest BCUT2D eigenvalue weighted by atomic mass is 14.6. The van der Waals surface area contributed by atoms with Crippen molar-refractivity contribution in [3.05, 3.63) is 0 Å². The van der Waals surface area contributed by atoms with Crippen LogP contribution in [0, 0.1) is 40.4 Å². The van der Waals surface area contributed by atoms with E-state index in [9.17, 15) is 0 Å². The van der Waals surface area contributed by atoms with Gasteiger partial charge in [-0.05, 0) is 72.5 Å². The first kappa shape index (κ1) is 14.9. The maximum Gasteiger partial charge on any atom is -0.0264 e. The normalized spacial score (nSPS) is 52.5. The SMILES string of the molecule is CC(C)C1CCCC2C3C(C)CCCC3(C)CCC12C. The molecule has 3 fully saturated rings. The first-order valence-electron chi connectivity index (χ1n) is 9.38. The van der Waals surface area contributed by atoms with E-state index in [4.69, 9.17) is 0 Å². The van der Waals surface area contributed by atoms with Crippen LogP contribution in [0.5, 0.6) is 0 Å². The molecule has 6 atom stereocenters. The first-order chi connectivity index (χ1) is 9.38. The van der Waals surface area contributed by atoms with E-state index in [1.807, 2.05) is 0 Å². The van der Waals surface area contributed by atoms with Crippen LogP contribution in [0.4, 0.5) is 0 Å². The molecule has 0 radical (unpaired) electrons. The van der Waals surface area contributed by atoms with Gasteiger partial charge in [0.2, 0.25) is 0 Å². The molecule has 3 saturated carbocycles. The molecule has 0 saturated heterocycles. The van der Waals surface area contributed by atoms with Gasteiger partial charge in [0.1, 0.15) is 0 Å². The van der Waals surface area contributed by atoms with Crippen molar-refractivity contribution in [1.29, 1.82) is 0 Å². The number of hydrogen-bond acceptors (Lipinski definition) is 0. The molecule has 20 heavy (non-hydrogen) atoms. The molecule has 0 aliphatic heterocycles. The topological polar surface area (TPSA) is 0 Å². The fourth-order valence-electron chi connectivity index (χ4n) is 7.14. The second-order valence-electron chi connectivity index (χ2n) is 9.44. The van der Waals surface area contributed by atoms with E-state index in [1.54, 1.807) is 0 Å². The van der Waals surface area contributed by atoms with E-state index < -0.39 is 0 Å². The van der Waals surface area contributed by atoms with Gasteiger partial charge in [-0.15, -0.1) is 0 Å². The van der Waals surface area contributed by atoms with Crippen molar-refractivity contribution in [2.75, 3.05) is 0 Å². The fraction of sp³-hybridized carbons (Fsp3) is 1.00. The highest BCUT2D eigenvalue weighted by Crippen LogP contribution is 2.65. The molecule has 0 heterocycles. The maximum absolute atomic E-state index is 2.68. The predicted octanol–water partition coefficient (Wildman–Crippen LogP) is 6.30. The minimum atomic E-state index is 0.655. The van der Waals surface area contributed by atoms with Crippen molar-refractivity contribution in [3.63, 3.8) is 0 Å². The molecular weight excluding hydrogens is 240 g/mol. The minimum Gasteiger partial charge on any atom is -0.0625 e. The van der Waals surface area contributed by atoms with Crippen LogP contribution in [0.2, 0.25) is 0 Å². The lowest BCUT2D eigenvalue weighted by Crippen LogP contribution is -2.55. The molecule has 0 aromatic carbocycles. The Morgan fingerprint density at radius 3 is 2.35 bits per heavy atom. The highest BCUT2D eigenvalue weighted by Gasteiger charge is 2.57. The van der Waals surface area contributed by atoms with Crippen molar-refractivity contribution in [1.82, 2.24) is 0 Å². The van der Waals surface area contributed by atoms with Crippen LogP contribution in [-0.4, -0.2) is 0 Å². The predicted molar refractivity (Wildman–Crippen MR) is 87.6 cm³/mol. The van der Waals surface area contributed by atoms with Crippen LogP contribution >= 0.6 is 0 Å². The molecule has 0 spiro atoms. The highest BCUT2D eigenvalue weighted by molar-refractivity contribution is 5.06. The molecule has 0 heteroatoms. The van der Waals surface area contributed by atoms with Gasteiger partial charge in [0.05, 0.1) is 0 Å². The lowest BCUT2D eigenvalue weighted by Gasteiger charge is -2.63. The summed E-state index contributed by atoms with van der Waals surface area (Å²) in [4.78, 5) is 0. The Hall–Kier alpha value is 0. The first-order valence-corrected chi connectivity index (χ1v) is 9.38. The van der Waals surface area contributed by atoms with E-state index in [0.29, 0.717) is 10.8 Å². The smallest absolute Gasteiger partial charge is 0.0264 e. The number of fused-ring (bicyclic) bond motifs is 3. The lowest BCUT2D eigenvalue weighted by atomic mass is 9.42. The fourth-order valence-corrected chi connectivity index (χ4v) is 7.14.